The van der Waals surface area contributed by atoms with E-state index in [0.717, 1.165) is 96.2 Å². The number of nitrogens with zero attached hydrogens (tertiary/aromatic N) is 3. The van der Waals surface area contributed by atoms with E-state index in [2.05, 4.69) is 54.6 Å². The summed E-state index contributed by atoms with van der Waals surface area (Å²) >= 11 is 0. The molecule has 57 heavy (non-hydrogen) atoms. The van der Waals surface area contributed by atoms with Gasteiger partial charge in [0.25, 0.3) is 0 Å². The molecule has 0 radical (unpaired) electrons. The lowest BCUT2D eigenvalue weighted by Crippen LogP contribution is -2.55. The fourth-order valence-electron chi connectivity index (χ4n) is 5.90. The largest absolute Gasteiger partial charge is 0.561 e. The van der Waals surface area contributed by atoms with Crippen LogP contribution in [0.25, 0.3) is 0 Å². The van der Waals surface area contributed by atoms with E-state index in [0.29, 0.717) is 17.3 Å². The number of hydrogen-bond acceptors (Lipinski definition) is 12. The predicted molar refractivity (Wildman–Crippen MR) is 242 cm³/mol. The summed E-state index contributed by atoms with van der Waals surface area (Å²) in [6, 6.07) is 18.6. The third kappa shape index (κ3) is 15.7. The van der Waals surface area contributed by atoms with Crippen molar-refractivity contribution in [2.75, 3.05) is 19.8 Å². The van der Waals surface area contributed by atoms with Gasteiger partial charge < -0.3 is 28.6 Å². The van der Waals surface area contributed by atoms with E-state index in [-0.39, 0.29) is 55.4 Å². The first-order valence-electron chi connectivity index (χ1n) is 17.8. The Morgan fingerprint density at radius 1 is 0.439 bits per heavy atom. The normalized spacial score (nSPS) is 11.1. The highest BCUT2D eigenvalue weighted by Gasteiger charge is 2.22. The van der Waals surface area contributed by atoms with E-state index in [1.54, 1.807) is 0 Å². The topological polar surface area (TPSA) is 158 Å². The molecule has 4 rings (SSSR count). The van der Waals surface area contributed by atoms with Crippen molar-refractivity contribution in [3.05, 3.63) is 136 Å². The van der Waals surface area contributed by atoms with Crippen LogP contribution in [0.4, 0.5) is 0 Å². The first-order valence-corrected chi connectivity index (χ1v) is 24.7. The number of aryl methyl sites for hydroxylation is 6. The van der Waals surface area contributed by atoms with Crippen LogP contribution < -0.4 is 17.1 Å². The van der Waals surface area contributed by atoms with Crippen molar-refractivity contribution in [3.8, 4) is 0 Å². The molecular formula is C39H48N3O9S6+3. The zero-order valence-electron chi connectivity index (χ0n) is 32.6. The molecule has 4 aromatic rings. The van der Waals surface area contributed by atoms with Gasteiger partial charge in [0, 0.05) is 17.3 Å². The van der Waals surface area contributed by atoms with Crippen LogP contribution in [0, 0.1) is 41.5 Å². The Hall–Kier alpha value is -3.42. The molecular weight excluding hydrogens is 847 g/mol. The predicted octanol–water partition coefficient (Wildman–Crippen LogP) is 7.20. The lowest BCUT2D eigenvalue weighted by Gasteiger charge is -2.11. The van der Waals surface area contributed by atoms with Gasteiger partial charge in [0.05, 0.1) is 52.0 Å². The molecule has 0 fully saturated rings. The molecule has 3 aromatic carbocycles. The van der Waals surface area contributed by atoms with Gasteiger partial charge >= 0.3 is 33.0 Å². The Morgan fingerprint density at radius 3 is 0.895 bits per heavy atom. The summed E-state index contributed by atoms with van der Waals surface area (Å²) in [7, 11) is 7.17. The first kappa shape index (κ1) is 46.3. The summed E-state index contributed by atoms with van der Waals surface area (Å²) in [5.74, 6) is 1.85. The quantitative estimate of drug-likeness (QED) is 0.0429. The van der Waals surface area contributed by atoms with Crippen molar-refractivity contribution in [3.63, 3.8) is 0 Å². The van der Waals surface area contributed by atoms with Crippen LogP contribution in [0.2, 0.25) is 0 Å². The lowest BCUT2D eigenvalue weighted by molar-refractivity contribution is 0.237. The summed E-state index contributed by atoms with van der Waals surface area (Å²) in [4.78, 5) is 71.6. The highest BCUT2D eigenvalue weighted by molar-refractivity contribution is 8.82. The van der Waals surface area contributed by atoms with Crippen LogP contribution in [-0.4, -0.2) is 63.8 Å². The monoisotopic (exact) mass is 894 g/mol. The number of benzene rings is 3. The molecule has 0 saturated heterocycles. The van der Waals surface area contributed by atoms with E-state index >= 15 is 0 Å². The second-order valence-corrected chi connectivity index (χ2v) is 19.9. The molecule has 0 unspecified atom stereocenters. The fraction of sp³-hybridized carbons (Fsp3) is 0.385. The third-order valence-electron chi connectivity index (χ3n) is 7.92. The minimum Gasteiger partial charge on any atom is -0.329 e. The average molecular weight is 895 g/mol. The van der Waals surface area contributed by atoms with Gasteiger partial charge in [-0.2, -0.15) is 0 Å². The Balaban J connectivity index is 1.36. The maximum absolute atomic E-state index is 13.5. The van der Waals surface area contributed by atoms with Crippen molar-refractivity contribution in [1.82, 2.24) is 13.7 Å². The second-order valence-electron chi connectivity index (χ2n) is 13.2. The Bertz CT molecular complexity index is 1900. The standard InChI is InChI=1S/C39H45N3O9S6/c1-25-13-26(2)17-31(16-25)22-52-55-37(46)49-10-7-40-34(43)41(8-11-50-38(47)56-53-23-32-18-27(3)14-28(4)19-32)36(45)42(35(40)44)9-12-51-39(48)57-54-24-33-20-29(5)15-30(6)21-33/h13-21H,7-12,22-24H2,1-6H3/p+3. The van der Waals surface area contributed by atoms with Crippen molar-refractivity contribution in [2.24, 2.45) is 0 Å². The molecule has 0 amide bonds. The average Bonchev–Trinajstić information content (AvgIpc) is 3.11. The molecule has 0 aliphatic heterocycles. The Morgan fingerprint density at radius 2 is 0.667 bits per heavy atom. The van der Waals surface area contributed by atoms with Gasteiger partial charge in [-0.15, -0.1) is 0 Å². The summed E-state index contributed by atoms with van der Waals surface area (Å²) in [5.41, 5.74) is 7.43. The summed E-state index contributed by atoms with van der Waals surface area (Å²) in [6.07, 6.45) is 0. The van der Waals surface area contributed by atoms with Crippen LogP contribution in [0.3, 0.4) is 0 Å². The zero-order chi connectivity index (χ0) is 41.5. The van der Waals surface area contributed by atoms with Gasteiger partial charge in [-0.3, -0.25) is 0 Å². The molecule has 0 bridgehead atoms. The molecule has 3 N–H and O–H groups in total. The maximum Gasteiger partial charge on any atom is 0.561 e. The van der Waals surface area contributed by atoms with Gasteiger partial charge in [-0.25, -0.2) is 28.1 Å². The van der Waals surface area contributed by atoms with Gasteiger partial charge in [0.2, 0.25) is 19.8 Å². The van der Waals surface area contributed by atoms with Crippen molar-refractivity contribution in [1.29, 1.82) is 0 Å². The minimum absolute atomic E-state index is 0.241. The lowest BCUT2D eigenvalue weighted by atomic mass is 10.1. The maximum atomic E-state index is 13.5. The van der Waals surface area contributed by atoms with Gasteiger partial charge in [0.15, 0.2) is 0 Å². The molecule has 306 valence electrons. The smallest absolute Gasteiger partial charge is 0.329 e. The second kappa shape index (κ2) is 23.2. The molecule has 0 saturated carbocycles. The SMILES string of the molecule is Cc1cc(C)cc(CSSC(=[OH+])OCCn2c(=O)n(CCOC(=[OH+])SSCc3cc(C)cc(C)c3)c(=O)n(CCOC(=[OH+])SSCc3cc(C)cc(C)c3)c2=O)c1. The fourth-order valence-corrected chi connectivity index (χ4v) is 10.8. The molecule has 0 atom stereocenters. The van der Waals surface area contributed by atoms with Gasteiger partial charge in [-0.05, 0) is 58.2 Å². The van der Waals surface area contributed by atoms with Crippen LogP contribution in [0.1, 0.15) is 50.1 Å². The van der Waals surface area contributed by atoms with Crippen LogP contribution in [0.5, 0.6) is 0 Å². The molecule has 1 heterocycles. The van der Waals surface area contributed by atoms with Gasteiger partial charge in [-0.1, -0.05) is 120 Å². The first-order chi connectivity index (χ1) is 27.2. The van der Waals surface area contributed by atoms with Crippen molar-refractivity contribution in [2.45, 2.75) is 78.4 Å². The summed E-state index contributed by atoms with van der Waals surface area (Å²) in [6.45, 7) is 10.6. The van der Waals surface area contributed by atoms with Crippen LogP contribution >= 0.6 is 64.8 Å². The number of ether oxygens (including phenoxy) is 3. The highest BCUT2D eigenvalue weighted by Crippen LogP contribution is 2.29. The van der Waals surface area contributed by atoms with E-state index < -0.39 is 17.1 Å². The van der Waals surface area contributed by atoms with Crippen molar-refractivity contribution >= 4 is 80.7 Å². The third-order valence-corrected chi connectivity index (χ3v) is 13.8. The van der Waals surface area contributed by atoms with E-state index in [9.17, 15) is 28.8 Å². The van der Waals surface area contributed by atoms with E-state index in [4.69, 9.17) is 14.2 Å². The summed E-state index contributed by atoms with van der Waals surface area (Å²) < 4.78 is 18.8. The van der Waals surface area contributed by atoms with Crippen LogP contribution in [0.15, 0.2) is 69.0 Å². The van der Waals surface area contributed by atoms with E-state index in [1.807, 2.05) is 41.5 Å². The highest BCUT2D eigenvalue weighted by atomic mass is 33.1. The number of carbonyl (C=O) groups excluding carboxylic acids is 3. The summed E-state index contributed by atoms with van der Waals surface area (Å²) in [5, 5.41) is -1.03. The number of hydrogen-bond donors (Lipinski definition) is 0. The van der Waals surface area contributed by atoms with Gasteiger partial charge in [0.1, 0.15) is 0 Å². The number of rotatable bonds is 18. The molecule has 0 spiro atoms. The Kier molecular flexibility index (Phi) is 18.9. The minimum atomic E-state index is -0.908. The molecule has 0 aliphatic carbocycles. The van der Waals surface area contributed by atoms with Crippen LogP contribution in [-0.2, 0) is 51.1 Å². The van der Waals surface area contributed by atoms with E-state index in [1.165, 1.54) is 32.4 Å². The molecule has 0 aliphatic rings. The Labute approximate surface area is 355 Å². The zero-order valence-corrected chi connectivity index (χ0v) is 37.5. The van der Waals surface area contributed by atoms with Crippen molar-refractivity contribution < 1.29 is 28.6 Å². The molecule has 12 nitrogen and oxygen atoms in total. The molecule has 1 aromatic heterocycles. The molecule has 18 heteroatoms. The number of aromatic nitrogens is 3.